The maximum atomic E-state index is 12.3. The summed E-state index contributed by atoms with van der Waals surface area (Å²) < 4.78 is 0. The van der Waals surface area contributed by atoms with Gasteiger partial charge < -0.3 is 5.32 Å². The van der Waals surface area contributed by atoms with Gasteiger partial charge in [-0.25, -0.2) is 0 Å². The van der Waals surface area contributed by atoms with E-state index in [9.17, 15) is 4.79 Å². The van der Waals surface area contributed by atoms with Gasteiger partial charge in [-0.05, 0) is 51.2 Å². The van der Waals surface area contributed by atoms with Crippen LogP contribution < -0.4 is 5.32 Å². The fourth-order valence-electron chi connectivity index (χ4n) is 2.41. The maximum Gasteiger partial charge on any atom is 0.261 e. The van der Waals surface area contributed by atoms with Crippen LogP contribution in [0.4, 0.5) is 0 Å². The van der Waals surface area contributed by atoms with Crippen LogP contribution in [-0.2, 0) is 0 Å². The molecule has 1 fully saturated rings. The lowest BCUT2D eigenvalue weighted by Crippen LogP contribution is -2.39. The molecule has 19 heavy (non-hydrogen) atoms. The summed E-state index contributed by atoms with van der Waals surface area (Å²) in [4.78, 5) is 13.9. The minimum atomic E-state index is 0.0438. The van der Waals surface area contributed by atoms with Gasteiger partial charge in [0.1, 0.15) is 4.83 Å². The third kappa shape index (κ3) is 2.02. The largest absolute Gasteiger partial charge is 0.349 e. The zero-order valence-electron chi connectivity index (χ0n) is 11.4. The molecule has 2 aromatic heterocycles. The number of aromatic nitrogens is 2. The molecule has 1 N–H and O–H groups in total. The Bertz CT molecular complexity index is 658. The Labute approximate surface area is 116 Å². The van der Waals surface area contributed by atoms with Crippen molar-refractivity contribution in [3.05, 3.63) is 21.7 Å². The molecular formula is C14H17N3OS. The number of nitrogens with zero attached hydrogens (tertiary/aromatic N) is 2. The lowest BCUT2D eigenvalue weighted by Gasteiger charge is -2.26. The molecule has 0 aromatic carbocycles. The molecule has 0 spiro atoms. The van der Waals surface area contributed by atoms with Crippen LogP contribution in [-0.4, -0.2) is 22.1 Å². The number of hydrogen-bond donors (Lipinski definition) is 1. The Morgan fingerprint density at radius 2 is 1.95 bits per heavy atom. The topological polar surface area (TPSA) is 54.9 Å². The zero-order valence-corrected chi connectivity index (χ0v) is 12.2. The molecule has 0 aliphatic heterocycles. The molecule has 1 aliphatic carbocycles. The molecule has 1 saturated carbocycles. The first-order valence-electron chi connectivity index (χ1n) is 6.61. The van der Waals surface area contributed by atoms with E-state index >= 15 is 0 Å². The van der Waals surface area contributed by atoms with Crippen LogP contribution >= 0.6 is 11.3 Å². The number of amides is 1. The molecule has 0 bridgehead atoms. The van der Waals surface area contributed by atoms with Crippen molar-refractivity contribution in [1.82, 2.24) is 15.5 Å². The quantitative estimate of drug-likeness (QED) is 0.917. The van der Waals surface area contributed by atoms with Crippen molar-refractivity contribution in [1.29, 1.82) is 0 Å². The molecule has 0 unspecified atom stereocenters. The summed E-state index contributed by atoms with van der Waals surface area (Å²) in [5, 5.41) is 12.5. The first-order chi connectivity index (χ1) is 9.08. The van der Waals surface area contributed by atoms with E-state index in [0.29, 0.717) is 6.04 Å². The molecule has 3 rings (SSSR count). The number of thiophene rings is 1. The van der Waals surface area contributed by atoms with E-state index in [1.807, 2.05) is 20.8 Å². The smallest absolute Gasteiger partial charge is 0.261 e. The van der Waals surface area contributed by atoms with Gasteiger partial charge in [-0.15, -0.1) is 16.4 Å². The van der Waals surface area contributed by atoms with Crippen molar-refractivity contribution >= 4 is 27.5 Å². The first-order valence-corrected chi connectivity index (χ1v) is 7.43. The van der Waals surface area contributed by atoms with E-state index in [2.05, 4.69) is 15.5 Å². The van der Waals surface area contributed by atoms with E-state index in [0.717, 1.165) is 44.8 Å². The van der Waals surface area contributed by atoms with E-state index in [-0.39, 0.29) is 5.91 Å². The summed E-state index contributed by atoms with van der Waals surface area (Å²) in [6.45, 7) is 6.00. The summed E-state index contributed by atoms with van der Waals surface area (Å²) in [6, 6.07) is 0.367. The Hall–Kier alpha value is -1.49. The number of rotatable bonds is 2. The third-order valence-corrected chi connectivity index (χ3v) is 5.16. The summed E-state index contributed by atoms with van der Waals surface area (Å²) in [5.74, 6) is 0.0438. The van der Waals surface area contributed by atoms with Crippen LogP contribution in [0.5, 0.6) is 0 Å². The number of aryl methyl sites for hydroxylation is 3. The van der Waals surface area contributed by atoms with Crippen LogP contribution in [0.1, 0.15) is 45.8 Å². The molecule has 1 amide bonds. The van der Waals surface area contributed by atoms with Gasteiger partial charge in [0, 0.05) is 11.4 Å². The monoisotopic (exact) mass is 275 g/mol. The third-order valence-electron chi connectivity index (χ3n) is 3.98. The van der Waals surface area contributed by atoms with Gasteiger partial charge in [0.05, 0.1) is 10.6 Å². The van der Waals surface area contributed by atoms with Gasteiger partial charge in [-0.3, -0.25) is 4.79 Å². The normalized spacial score (nSPS) is 15.5. The highest BCUT2D eigenvalue weighted by Gasteiger charge is 2.23. The average Bonchev–Trinajstić information content (AvgIpc) is 2.67. The first kappa shape index (κ1) is 12.5. The van der Waals surface area contributed by atoms with Crippen molar-refractivity contribution in [3.63, 3.8) is 0 Å². The number of carbonyl (C=O) groups is 1. The summed E-state index contributed by atoms with van der Waals surface area (Å²) in [7, 11) is 0. The van der Waals surface area contributed by atoms with Gasteiger partial charge in [0.15, 0.2) is 0 Å². The molecule has 4 nitrogen and oxygen atoms in total. The molecule has 0 saturated heterocycles. The maximum absolute atomic E-state index is 12.3. The van der Waals surface area contributed by atoms with Gasteiger partial charge in [-0.2, -0.15) is 5.10 Å². The van der Waals surface area contributed by atoms with Crippen LogP contribution in [0.25, 0.3) is 10.2 Å². The average molecular weight is 275 g/mol. The van der Waals surface area contributed by atoms with Crippen LogP contribution in [0.3, 0.4) is 0 Å². The molecule has 2 heterocycles. The molecule has 100 valence electrons. The van der Waals surface area contributed by atoms with Crippen LogP contribution in [0.2, 0.25) is 0 Å². The second-order valence-electron chi connectivity index (χ2n) is 5.25. The van der Waals surface area contributed by atoms with E-state index < -0.39 is 0 Å². The van der Waals surface area contributed by atoms with Crippen LogP contribution in [0.15, 0.2) is 0 Å². The molecule has 0 radical (unpaired) electrons. The number of hydrogen-bond acceptors (Lipinski definition) is 4. The Kier molecular flexibility index (Phi) is 3.01. The van der Waals surface area contributed by atoms with Crippen LogP contribution in [0, 0.1) is 20.8 Å². The Balaban J connectivity index is 2.02. The van der Waals surface area contributed by atoms with E-state index in [1.165, 1.54) is 17.8 Å². The Morgan fingerprint density at radius 3 is 2.58 bits per heavy atom. The van der Waals surface area contributed by atoms with Crippen molar-refractivity contribution in [2.75, 3.05) is 0 Å². The highest BCUT2D eigenvalue weighted by molar-refractivity contribution is 7.20. The van der Waals surface area contributed by atoms with E-state index in [1.54, 1.807) is 0 Å². The summed E-state index contributed by atoms with van der Waals surface area (Å²) >= 11 is 1.45. The number of nitrogens with one attached hydrogen (secondary N) is 1. The highest BCUT2D eigenvalue weighted by Crippen LogP contribution is 2.32. The number of carbonyl (C=O) groups excluding carboxylic acids is 1. The second kappa shape index (κ2) is 4.56. The van der Waals surface area contributed by atoms with Crippen molar-refractivity contribution < 1.29 is 4.79 Å². The standard InChI is InChI=1S/C14H17N3OS/c1-7-9(3)16-17-14-11(7)8(2)12(19-14)13(18)15-10-5-4-6-10/h10H,4-6H2,1-3H3,(H,15,18). The fourth-order valence-corrected chi connectivity index (χ4v) is 3.50. The number of fused-ring (bicyclic) bond motifs is 1. The van der Waals surface area contributed by atoms with Gasteiger partial charge >= 0.3 is 0 Å². The summed E-state index contributed by atoms with van der Waals surface area (Å²) in [5.41, 5.74) is 3.09. The molecule has 0 atom stereocenters. The SMILES string of the molecule is Cc1nnc2sc(C(=O)NC3CCC3)c(C)c2c1C. The van der Waals surface area contributed by atoms with Crippen molar-refractivity contribution in [3.8, 4) is 0 Å². The minimum Gasteiger partial charge on any atom is -0.349 e. The molecule has 5 heteroatoms. The van der Waals surface area contributed by atoms with E-state index in [4.69, 9.17) is 0 Å². The predicted molar refractivity (Wildman–Crippen MR) is 76.7 cm³/mol. The second-order valence-corrected chi connectivity index (χ2v) is 6.25. The zero-order chi connectivity index (χ0) is 13.6. The highest BCUT2D eigenvalue weighted by atomic mass is 32.1. The molecule has 1 aliphatic rings. The predicted octanol–water partition coefficient (Wildman–Crippen LogP) is 2.90. The molecular weight excluding hydrogens is 258 g/mol. The van der Waals surface area contributed by atoms with Gasteiger partial charge in [0.25, 0.3) is 5.91 Å². The minimum absolute atomic E-state index is 0.0438. The lowest BCUT2D eigenvalue weighted by molar-refractivity contribution is 0.0920. The fraction of sp³-hybridized carbons (Fsp3) is 0.500. The van der Waals surface area contributed by atoms with Gasteiger partial charge in [-0.1, -0.05) is 0 Å². The Morgan fingerprint density at radius 1 is 1.21 bits per heavy atom. The van der Waals surface area contributed by atoms with Gasteiger partial charge in [0.2, 0.25) is 0 Å². The molecule has 2 aromatic rings. The van der Waals surface area contributed by atoms with Crippen molar-refractivity contribution in [2.24, 2.45) is 0 Å². The van der Waals surface area contributed by atoms with Crippen molar-refractivity contribution in [2.45, 2.75) is 46.1 Å². The lowest BCUT2D eigenvalue weighted by atomic mass is 9.93. The summed E-state index contributed by atoms with van der Waals surface area (Å²) in [6.07, 6.45) is 3.43.